The molecule has 3 aromatic rings. The highest BCUT2D eigenvalue weighted by atomic mass is 32.2. The van der Waals surface area contributed by atoms with E-state index in [1.807, 2.05) is 43.3 Å². The van der Waals surface area contributed by atoms with Crippen LogP contribution in [0.1, 0.15) is 27.6 Å². The predicted octanol–water partition coefficient (Wildman–Crippen LogP) is 5.21. The Morgan fingerprint density at radius 1 is 1.04 bits per heavy atom. The third-order valence-electron chi connectivity index (χ3n) is 4.51. The van der Waals surface area contributed by atoms with Crippen LogP contribution >= 0.6 is 11.8 Å². The molecule has 0 saturated carbocycles. The molecule has 0 saturated heterocycles. The molecule has 2 amide bonds. The summed E-state index contributed by atoms with van der Waals surface area (Å²) in [5.41, 5.74) is 2.47. The summed E-state index contributed by atoms with van der Waals surface area (Å²) in [7, 11) is 0. The molecule has 3 aromatic carbocycles. The Bertz CT molecular complexity index is 1070. The van der Waals surface area contributed by atoms with Crippen molar-refractivity contribution >= 4 is 35.0 Å². The quantitative estimate of drug-likeness (QED) is 0.666. The Morgan fingerprint density at radius 3 is 2.54 bits per heavy atom. The van der Waals surface area contributed by atoms with E-state index < -0.39 is 0 Å². The standard InChI is InChI=1S/C22H17FN2O2S/c1-2-25-18-12-11-16(24-21(26)14-7-9-15(23)10-8-14)13-20(18)28-19-6-4-3-5-17(19)22(25)27/h3-13H,2H2,1H3,(H,24,26). The molecule has 1 N–H and O–H groups in total. The second-order valence-corrected chi connectivity index (χ2v) is 7.37. The molecule has 1 heterocycles. The molecule has 0 aliphatic carbocycles. The van der Waals surface area contributed by atoms with Gasteiger partial charge in [0.25, 0.3) is 11.8 Å². The predicted molar refractivity (Wildman–Crippen MR) is 109 cm³/mol. The minimum Gasteiger partial charge on any atom is -0.322 e. The molecule has 0 fully saturated rings. The zero-order chi connectivity index (χ0) is 19.7. The number of benzene rings is 3. The molecule has 6 heteroatoms. The Balaban J connectivity index is 1.68. The van der Waals surface area contributed by atoms with Crippen LogP contribution < -0.4 is 10.2 Å². The lowest BCUT2D eigenvalue weighted by Crippen LogP contribution is -2.30. The maximum Gasteiger partial charge on any atom is 0.259 e. The van der Waals surface area contributed by atoms with Crippen molar-refractivity contribution in [3.63, 3.8) is 0 Å². The smallest absolute Gasteiger partial charge is 0.259 e. The number of carbonyl (C=O) groups excluding carboxylic acids is 2. The number of nitrogens with one attached hydrogen (secondary N) is 1. The van der Waals surface area contributed by atoms with Crippen LogP contribution in [0.15, 0.2) is 76.5 Å². The SMILES string of the molecule is CCN1C(=O)c2ccccc2Sc2cc(NC(=O)c3ccc(F)cc3)ccc21. The summed E-state index contributed by atoms with van der Waals surface area (Å²) in [5, 5.41) is 2.84. The monoisotopic (exact) mass is 392 g/mol. The van der Waals surface area contributed by atoms with Gasteiger partial charge >= 0.3 is 0 Å². The van der Waals surface area contributed by atoms with Gasteiger partial charge in [-0.3, -0.25) is 9.59 Å². The minimum atomic E-state index is -0.388. The third kappa shape index (κ3) is 3.39. The molecule has 0 atom stereocenters. The van der Waals surface area contributed by atoms with Gasteiger partial charge in [-0.15, -0.1) is 0 Å². The van der Waals surface area contributed by atoms with Gasteiger partial charge in [0.05, 0.1) is 11.3 Å². The molecule has 0 unspecified atom stereocenters. The first-order chi connectivity index (χ1) is 13.6. The zero-order valence-electron chi connectivity index (χ0n) is 15.1. The fourth-order valence-corrected chi connectivity index (χ4v) is 4.24. The minimum absolute atomic E-state index is 0.0348. The van der Waals surface area contributed by atoms with Crippen molar-refractivity contribution in [2.75, 3.05) is 16.8 Å². The van der Waals surface area contributed by atoms with Crippen LogP contribution in [0.25, 0.3) is 0 Å². The first kappa shape index (κ1) is 18.3. The molecule has 4 rings (SSSR count). The summed E-state index contributed by atoms with van der Waals surface area (Å²) in [6, 6.07) is 18.4. The van der Waals surface area contributed by atoms with Gasteiger partial charge in [0.15, 0.2) is 0 Å². The third-order valence-corrected chi connectivity index (χ3v) is 5.64. The summed E-state index contributed by atoms with van der Waals surface area (Å²) in [4.78, 5) is 28.8. The number of carbonyl (C=O) groups is 2. The van der Waals surface area contributed by atoms with Gasteiger partial charge in [-0.1, -0.05) is 23.9 Å². The van der Waals surface area contributed by atoms with Gasteiger partial charge in [0, 0.05) is 27.6 Å². The maximum atomic E-state index is 13.1. The van der Waals surface area contributed by atoms with Crippen molar-refractivity contribution in [1.82, 2.24) is 0 Å². The van der Waals surface area contributed by atoms with Crippen LogP contribution in [0.5, 0.6) is 0 Å². The Morgan fingerprint density at radius 2 is 1.79 bits per heavy atom. The molecule has 1 aliphatic rings. The van der Waals surface area contributed by atoms with Gasteiger partial charge in [-0.2, -0.15) is 0 Å². The normalized spacial score (nSPS) is 12.8. The van der Waals surface area contributed by atoms with E-state index in [2.05, 4.69) is 5.32 Å². The first-order valence-corrected chi connectivity index (χ1v) is 9.68. The van der Waals surface area contributed by atoms with Crippen LogP contribution in [-0.4, -0.2) is 18.4 Å². The van der Waals surface area contributed by atoms with Crippen LogP contribution in [0.3, 0.4) is 0 Å². The van der Waals surface area contributed by atoms with E-state index in [0.717, 1.165) is 15.5 Å². The first-order valence-electron chi connectivity index (χ1n) is 8.86. The molecule has 0 bridgehead atoms. The molecule has 4 nitrogen and oxygen atoms in total. The Kier molecular flexibility index (Phi) is 4.88. The molecule has 0 radical (unpaired) electrons. The lowest BCUT2D eigenvalue weighted by molar-refractivity contribution is 0.0983. The van der Waals surface area contributed by atoms with Gasteiger partial charge in [0.2, 0.25) is 0 Å². The summed E-state index contributed by atoms with van der Waals surface area (Å²) in [5.74, 6) is -0.740. The van der Waals surface area contributed by atoms with Crippen molar-refractivity contribution in [1.29, 1.82) is 0 Å². The van der Waals surface area contributed by atoms with E-state index >= 15 is 0 Å². The second kappa shape index (κ2) is 7.48. The highest BCUT2D eigenvalue weighted by molar-refractivity contribution is 7.99. The average molecular weight is 392 g/mol. The largest absolute Gasteiger partial charge is 0.322 e. The molecular weight excluding hydrogens is 375 g/mol. The van der Waals surface area contributed by atoms with Gasteiger partial charge < -0.3 is 10.2 Å². The number of rotatable bonds is 3. The lowest BCUT2D eigenvalue weighted by Gasteiger charge is -2.21. The summed E-state index contributed by atoms with van der Waals surface area (Å²) >= 11 is 1.50. The van der Waals surface area contributed by atoms with Crippen molar-refractivity contribution in [2.45, 2.75) is 16.7 Å². The van der Waals surface area contributed by atoms with Crippen molar-refractivity contribution < 1.29 is 14.0 Å². The number of halogens is 1. The number of hydrogen-bond donors (Lipinski definition) is 1. The van der Waals surface area contributed by atoms with Gasteiger partial charge in [0.1, 0.15) is 5.82 Å². The van der Waals surface area contributed by atoms with Crippen LogP contribution in [-0.2, 0) is 0 Å². The van der Waals surface area contributed by atoms with Crippen molar-refractivity contribution in [2.24, 2.45) is 0 Å². The molecule has 0 aromatic heterocycles. The topological polar surface area (TPSA) is 49.4 Å². The Labute approximate surface area is 166 Å². The van der Waals surface area contributed by atoms with E-state index in [-0.39, 0.29) is 17.6 Å². The lowest BCUT2D eigenvalue weighted by atomic mass is 10.1. The second-order valence-electron chi connectivity index (χ2n) is 6.29. The van der Waals surface area contributed by atoms with E-state index in [1.54, 1.807) is 11.0 Å². The Hall–Kier alpha value is -3.12. The van der Waals surface area contributed by atoms with Crippen LogP contribution in [0.2, 0.25) is 0 Å². The van der Waals surface area contributed by atoms with E-state index in [9.17, 15) is 14.0 Å². The van der Waals surface area contributed by atoms with E-state index in [4.69, 9.17) is 0 Å². The molecule has 0 spiro atoms. The van der Waals surface area contributed by atoms with Crippen molar-refractivity contribution in [3.05, 3.63) is 83.7 Å². The van der Waals surface area contributed by atoms with E-state index in [0.29, 0.717) is 23.4 Å². The molecular formula is C22H17FN2O2S. The fraction of sp³-hybridized carbons (Fsp3) is 0.0909. The van der Waals surface area contributed by atoms with Crippen LogP contribution in [0.4, 0.5) is 15.8 Å². The average Bonchev–Trinajstić information content (AvgIpc) is 2.82. The van der Waals surface area contributed by atoms with Crippen molar-refractivity contribution in [3.8, 4) is 0 Å². The highest BCUT2D eigenvalue weighted by Gasteiger charge is 2.26. The number of amides is 2. The highest BCUT2D eigenvalue weighted by Crippen LogP contribution is 2.42. The number of hydrogen-bond acceptors (Lipinski definition) is 3. The summed E-state index contributed by atoms with van der Waals surface area (Å²) in [6.07, 6.45) is 0. The van der Waals surface area contributed by atoms with Crippen LogP contribution in [0, 0.1) is 5.82 Å². The summed E-state index contributed by atoms with van der Waals surface area (Å²) in [6.45, 7) is 2.48. The number of fused-ring (bicyclic) bond motifs is 2. The number of anilines is 2. The molecule has 28 heavy (non-hydrogen) atoms. The maximum absolute atomic E-state index is 13.1. The van der Waals surface area contributed by atoms with Gasteiger partial charge in [-0.25, -0.2) is 4.39 Å². The van der Waals surface area contributed by atoms with E-state index in [1.165, 1.54) is 36.0 Å². The molecule has 140 valence electrons. The fourth-order valence-electron chi connectivity index (χ4n) is 3.12. The van der Waals surface area contributed by atoms with Gasteiger partial charge in [-0.05, 0) is 61.5 Å². The molecule has 1 aliphatic heterocycles. The number of nitrogens with zero attached hydrogens (tertiary/aromatic N) is 1. The zero-order valence-corrected chi connectivity index (χ0v) is 15.9. The summed E-state index contributed by atoms with van der Waals surface area (Å²) < 4.78 is 13.1.